The molecular formula is C11H7BrF2N2O. The number of rotatable bonds is 2. The first-order chi connectivity index (χ1) is 8.06. The lowest BCUT2D eigenvalue weighted by molar-refractivity contribution is 0.423. The van der Waals surface area contributed by atoms with Gasteiger partial charge >= 0.3 is 0 Å². The van der Waals surface area contributed by atoms with Crippen molar-refractivity contribution in [1.29, 1.82) is 0 Å². The van der Waals surface area contributed by atoms with Crippen LogP contribution < -0.4 is 10.5 Å². The van der Waals surface area contributed by atoms with Crippen LogP contribution in [0.1, 0.15) is 0 Å². The molecule has 1 heterocycles. The number of nitrogens with zero attached hydrogens (tertiary/aromatic N) is 1. The van der Waals surface area contributed by atoms with E-state index in [1.54, 1.807) is 0 Å². The largest absolute Gasteiger partial charge is 0.434 e. The highest BCUT2D eigenvalue weighted by molar-refractivity contribution is 9.10. The average molecular weight is 301 g/mol. The van der Waals surface area contributed by atoms with Crippen molar-refractivity contribution in [3.63, 3.8) is 0 Å². The van der Waals surface area contributed by atoms with E-state index in [9.17, 15) is 8.78 Å². The summed E-state index contributed by atoms with van der Waals surface area (Å²) in [5.74, 6) is -1.19. The maximum Gasteiger partial charge on any atom is 0.256 e. The molecule has 0 aliphatic rings. The molecule has 0 atom stereocenters. The Morgan fingerprint density at radius 3 is 2.65 bits per heavy atom. The molecule has 2 rings (SSSR count). The summed E-state index contributed by atoms with van der Waals surface area (Å²) in [7, 11) is 0. The van der Waals surface area contributed by atoms with Crippen LogP contribution in [0.2, 0.25) is 0 Å². The van der Waals surface area contributed by atoms with Crippen molar-refractivity contribution in [2.45, 2.75) is 0 Å². The van der Waals surface area contributed by atoms with Crippen LogP contribution in [0, 0.1) is 11.6 Å². The molecule has 0 aliphatic carbocycles. The second kappa shape index (κ2) is 4.67. The highest BCUT2D eigenvalue weighted by Gasteiger charge is 2.09. The fraction of sp³-hybridized carbons (Fsp3) is 0. The van der Waals surface area contributed by atoms with Crippen LogP contribution in [0.15, 0.2) is 34.9 Å². The summed E-state index contributed by atoms with van der Waals surface area (Å²) >= 11 is 3.07. The highest BCUT2D eigenvalue weighted by Crippen LogP contribution is 2.28. The summed E-state index contributed by atoms with van der Waals surface area (Å²) < 4.78 is 31.8. The molecule has 0 fully saturated rings. The molecule has 3 nitrogen and oxygen atoms in total. The van der Waals surface area contributed by atoms with Crippen LogP contribution in [0.25, 0.3) is 0 Å². The Morgan fingerprint density at radius 2 is 2.00 bits per heavy atom. The normalized spacial score (nSPS) is 10.3. The fourth-order valence-electron chi connectivity index (χ4n) is 1.19. The number of nitrogen functional groups attached to an aromatic ring is 1. The first-order valence-electron chi connectivity index (χ1n) is 4.60. The second-order valence-corrected chi connectivity index (χ2v) is 4.14. The quantitative estimate of drug-likeness (QED) is 0.864. The van der Waals surface area contributed by atoms with Crippen molar-refractivity contribution in [1.82, 2.24) is 4.98 Å². The van der Waals surface area contributed by atoms with Crippen LogP contribution in [-0.2, 0) is 0 Å². The SMILES string of the molecule is Nc1cc(F)ccc1Oc1ncc(Br)cc1F. The van der Waals surface area contributed by atoms with Gasteiger partial charge in [-0.1, -0.05) is 0 Å². The highest BCUT2D eigenvalue weighted by atomic mass is 79.9. The molecule has 0 unspecified atom stereocenters. The maximum atomic E-state index is 13.4. The van der Waals surface area contributed by atoms with E-state index in [1.807, 2.05) is 0 Å². The van der Waals surface area contributed by atoms with Gasteiger partial charge in [-0.15, -0.1) is 0 Å². The van der Waals surface area contributed by atoms with Gasteiger partial charge in [-0.3, -0.25) is 0 Å². The van der Waals surface area contributed by atoms with Gasteiger partial charge in [-0.2, -0.15) is 0 Å². The molecule has 1 aromatic heterocycles. The summed E-state index contributed by atoms with van der Waals surface area (Å²) in [6.45, 7) is 0. The molecule has 2 N–H and O–H groups in total. The van der Waals surface area contributed by atoms with Gasteiger partial charge in [0.05, 0.1) is 5.69 Å². The number of nitrogens with two attached hydrogens (primary N) is 1. The Hall–Kier alpha value is -1.69. The van der Waals surface area contributed by atoms with E-state index in [1.165, 1.54) is 24.4 Å². The number of benzene rings is 1. The van der Waals surface area contributed by atoms with Gasteiger partial charge in [-0.25, -0.2) is 13.8 Å². The van der Waals surface area contributed by atoms with Crippen LogP contribution in [-0.4, -0.2) is 4.98 Å². The van der Waals surface area contributed by atoms with E-state index in [4.69, 9.17) is 10.5 Å². The summed E-state index contributed by atoms with van der Waals surface area (Å²) in [5.41, 5.74) is 5.60. The summed E-state index contributed by atoms with van der Waals surface area (Å²) in [6, 6.07) is 4.78. The summed E-state index contributed by atoms with van der Waals surface area (Å²) in [4.78, 5) is 3.74. The lowest BCUT2D eigenvalue weighted by Gasteiger charge is -2.08. The molecule has 6 heteroatoms. The maximum absolute atomic E-state index is 13.4. The molecule has 0 bridgehead atoms. The van der Waals surface area contributed by atoms with E-state index in [0.717, 1.165) is 6.07 Å². The minimum atomic E-state index is -0.636. The standard InChI is InChI=1S/C11H7BrF2N2O/c12-6-3-8(14)11(16-5-6)17-10-2-1-7(13)4-9(10)15/h1-5H,15H2. The predicted molar refractivity (Wildman–Crippen MR) is 62.8 cm³/mol. The van der Waals surface area contributed by atoms with Crippen molar-refractivity contribution in [2.75, 3.05) is 5.73 Å². The zero-order valence-corrected chi connectivity index (χ0v) is 10.0. The molecule has 0 saturated heterocycles. The number of halogens is 3. The van der Waals surface area contributed by atoms with Crippen molar-refractivity contribution in [2.24, 2.45) is 0 Å². The van der Waals surface area contributed by atoms with Crippen LogP contribution in [0.3, 0.4) is 0 Å². The van der Waals surface area contributed by atoms with E-state index < -0.39 is 11.6 Å². The van der Waals surface area contributed by atoms with Gasteiger partial charge in [0.25, 0.3) is 5.88 Å². The van der Waals surface area contributed by atoms with Crippen molar-refractivity contribution in [3.8, 4) is 11.6 Å². The zero-order valence-electron chi connectivity index (χ0n) is 8.45. The molecule has 0 aliphatic heterocycles. The van der Waals surface area contributed by atoms with E-state index in [0.29, 0.717) is 4.47 Å². The first kappa shape index (κ1) is 11.8. The van der Waals surface area contributed by atoms with Gasteiger partial charge < -0.3 is 10.5 Å². The van der Waals surface area contributed by atoms with Gasteiger partial charge in [0.2, 0.25) is 0 Å². The summed E-state index contributed by atoms with van der Waals surface area (Å²) in [6.07, 6.45) is 1.39. The van der Waals surface area contributed by atoms with Gasteiger partial charge in [0.1, 0.15) is 5.82 Å². The Bertz CT molecular complexity index is 514. The third-order valence-electron chi connectivity index (χ3n) is 1.95. The van der Waals surface area contributed by atoms with Crippen molar-refractivity contribution in [3.05, 3.63) is 46.6 Å². The summed E-state index contributed by atoms with van der Waals surface area (Å²) in [5, 5.41) is 0. The molecular weight excluding hydrogens is 294 g/mol. The molecule has 0 radical (unpaired) electrons. The molecule has 88 valence electrons. The molecule has 0 spiro atoms. The van der Waals surface area contributed by atoms with Gasteiger partial charge in [0, 0.05) is 16.7 Å². The Kier molecular flexibility index (Phi) is 3.23. The fourth-order valence-corrected chi connectivity index (χ4v) is 1.50. The van der Waals surface area contributed by atoms with Crippen molar-refractivity contribution >= 4 is 21.6 Å². The molecule has 0 saturated carbocycles. The van der Waals surface area contributed by atoms with Gasteiger partial charge in [0.15, 0.2) is 11.6 Å². The number of aromatic nitrogens is 1. The number of hydrogen-bond acceptors (Lipinski definition) is 3. The van der Waals surface area contributed by atoms with E-state index >= 15 is 0 Å². The molecule has 0 amide bonds. The average Bonchev–Trinajstić information content (AvgIpc) is 2.25. The van der Waals surface area contributed by atoms with E-state index in [2.05, 4.69) is 20.9 Å². The van der Waals surface area contributed by atoms with Crippen LogP contribution in [0.5, 0.6) is 11.6 Å². The minimum absolute atomic E-state index is 0.0779. The number of anilines is 1. The number of hydrogen-bond donors (Lipinski definition) is 1. The third-order valence-corrected chi connectivity index (χ3v) is 2.39. The molecule has 1 aromatic carbocycles. The minimum Gasteiger partial charge on any atom is -0.434 e. The zero-order chi connectivity index (χ0) is 12.4. The third kappa shape index (κ3) is 2.71. The molecule has 17 heavy (non-hydrogen) atoms. The van der Waals surface area contributed by atoms with Gasteiger partial charge in [-0.05, 0) is 34.1 Å². The topological polar surface area (TPSA) is 48.1 Å². The van der Waals surface area contributed by atoms with Crippen LogP contribution >= 0.6 is 15.9 Å². The second-order valence-electron chi connectivity index (χ2n) is 3.22. The lowest BCUT2D eigenvalue weighted by Crippen LogP contribution is -1.96. The number of ether oxygens (including phenoxy) is 1. The predicted octanol–water partition coefficient (Wildman–Crippen LogP) is 3.50. The Morgan fingerprint density at radius 1 is 1.24 bits per heavy atom. The van der Waals surface area contributed by atoms with Crippen LogP contribution in [0.4, 0.5) is 14.5 Å². The Balaban J connectivity index is 2.31. The smallest absolute Gasteiger partial charge is 0.256 e. The van der Waals surface area contributed by atoms with E-state index in [-0.39, 0.29) is 17.3 Å². The van der Waals surface area contributed by atoms with Crippen molar-refractivity contribution < 1.29 is 13.5 Å². The number of pyridine rings is 1. The Labute approximate surface area is 104 Å². The first-order valence-corrected chi connectivity index (χ1v) is 5.39. The lowest BCUT2D eigenvalue weighted by atomic mass is 10.3. The monoisotopic (exact) mass is 300 g/mol. The molecule has 2 aromatic rings.